The van der Waals surface area contributed by atoms with Crippen LogP contribution in [0, 0.1) is 0 Å². The second-order valence-electron chi connectivity index (χ2n) is 7.18. The zero-order valence-corrected chi connectivity index (χ0v) is 15.5. The molecule has 1 saturated heterocycles. The monoisotopic (exact) mass is 385 g/mol. The Bertz CT molecular complexity index is 979. The van der Waals surface area contributed by atoms with Crippen molar-refractivity contribution < 1.29 is 5.11 Å². The van der Waals surface area contributed by atoms with Crippen LogP contribution in [0.1, 0.15) is 24.4 Å². The van der Waals surface area contributed by atoms with Crippen LogP contribution in [0.5, 0.6) is 5.75 Å². The number of anilines is 1. The molecule has 3 aromatic rings. The first-order valence-corrected chi connectivity index (χ1v) is 9.57. The molecular weight excluding hydrogens is 366 g/mol. The number of aromatic nitrogens is 5. The van der Waals surface area contributed by atoms with E-state index >= 15 is 0 Å². The molecule has 0 radical (unpaired) electrons. The number of phenols is 1. The lowest BCUT2D eigenvalue weighted by Gasteiger charge is -2.35. The van der Waals surface area contributed by atoms with Crippen LogP contribution < -0.4 is 4.90 Å². The van der Waals surface area contributed by atoms with Crippen molar-refractivity contribution in [3.05, 3.63) is 35.1 Å². The number of rotatable bonds is 4. The van der Waals surface area contributed by atoms with Gasteiger partial charge in [-0.1, -0.05) is 22.9 Å². The van der Waals surface area contributed by atoms with Crippen molar-refractivity contribution in [1.82, 2.24) is 29.9 Å². The highest BCUT2D eigenvalue weighted by atomic mass is 35.5. The van der Waals surface area contributed by atoms with E-state index in [2.05, 4.69) is 30.1 Å². The highest BCUT2D eigenvalue weighted by Crippen LogP contribution is 2.36. The number of halogens is 1. The Morgan fingerprint density at radius 3 is 2.67 bits per heavy atom. The van der Waals surface area contributed by atoms with Crippen LogP contribution in [-0.4, -0.2) is 61.1 Å². The van der Waals surface area contributed by atoms with Crippen molar-refractivity contribution in [3.63, 3.8) is 0 Å². The first kappa shape index (κ1) is 16.7. The van der Waals surface area contributed by atoms with Crippen molar-refractivity contribution in [2.24, 2.45) is 0 Å². The fourth-order valence-electron chi connectivity index (χ4n) is 3.57. The van der Waals surface area contributed by atoms with E-state index in [9.17, 15) is 5.11 Å². The summed E-state index contributed by atoms with van der Waals surface area (Å²) in [6.07, 6.45) is 3.92. The minimum absolute atomic E-state index is 0.122. The Morgan fingerprint density at radius 2 is 1.93 bits per heavy atom. The summed E-state index contributed by atoms with van der Waals surface area (Å²) < 4.78 is 1.94. The highest BCUT2D eigenvalue weighted by molar-refractivity contribution is 6.32. The molecular formula is C18H20ClN7O. The minimum atomic E-state index is 0.122. The second-order valence-corrected chi connectivity index (χ2v) is 7.59. The van der Waals surface area contributed by atoms with Gasteiger partial charge < -0.3 is 10.0 Å². The molecule has 1 aliphatic heterocycles. The summed E-state index contributed by atoms with van der Waals surface area (Å²) in [4.78, 5) is 13.5. The third-order valence-corrected chi connectivity index (χ3v) is 5.53. The van der Waals surface area contributed by atoms with Gasteiger partial charge >= 0.3 is 0 Å². The van der Waals surface area contributed by atoms with Gasteiger partial charge in [-0.25, -0.2) is 14.6 Å². The summed E-state index contributed by atoms with van der Waals surface area (Å²) in [5.41, 5.74) is 2.73. The molecule has 140 valence electrons. The van der Waals surface area contributed by atoms with Crippen LogP contribution in [-0.2, 0) is 6.54 Å². The summed E-state index contributed by atoms with van der Waals surface area (Å²) in [7, 11) is 0. The number of piperazine rings is 1. The molecule has 8 nitrogen and oxygen atoms in total. The fourth-order valence-corrected chi connectivity index (χ4v) is 3.78. The van der Waals surface area contributed by atoms with Gasteiger partial charge in [0.2, 0.25) is 0 Å². The Hall–Kier alpha value is -2.45. The van der Waals surface area contributed by atoms with E-state index in [0.717, 1.165) is 68.1 Å². The third-order valence-electron chi connectivity index (χ3n) is 5.22. The SMILES string of the molecule is Oc1ccc(CN2CCN(c3ncnc4c3nnn4C3CC3)CC2)cc1Cl. The van der Waals surface area contributed by atoms with Crippen LogP contribution in [0.25, 0.3) is 11.2 Å². The summed E-state index contributed by atoms with van der Waals surface area (Å²) in [5, 5.41) is 18.6. The summed E-state index contributed by atoms with van der Waals surface area (Å²) >= 11 is 6.01. The van der Waals surface area contributed by atoms with Gasteiger partial charge in [0.1, 0.15) is 12.1 Å². The smallest absolute Gasteiger partial charge is 0.184 e. The minimum Gasteiger partial charge on any atom is -0.506 e. The number of hydrogen-bond acceptors (Lipinski definition) is 7. The van der Waals surface area contributed by atoms with Crippen molar-refractivity contribution in [2.75, 3.05) is 31.1 Å². The topological polar surface area (TPSA) is 83.2 Å². The summed E-state index contributed by atoms with van der Waals surface area (Å²) in [6, 6.07) is 5.84. The number of phenolic OH excluding ortho intramolecular Hbond substituents is 1. The predicted octanol–water partition coefficient (Wildman–Crippen LogP) is 2.24. The van der Waals surface area contributed by atoms with E-state index in [0.29, 0.717) is 11.1 Å². The molecule has 0 atom stereocenters. The number of benzene rings is 1. The van der Waals surface area contributed by atoms with Crippen molar-refractivity contribution in [1.29, 1.82) is 0 Å². The highest BCUT2D eigenvalue weighted by Gasteiger charge is 2.29. The Kier molecular flexibility index (Phi) is 4.09. The maximum atomic E-state index is 9.56. The fraction of sp³-hybridized carbons (Fsp3) is 0.444. The standard InChI is InChI=1S/C18H20ClN7O/c19-14-9-12(1-4-15(14)27)10-24-5-7-25(8-6-24)17-16-18(21-11-20-17)26(23-22-16)13-2-3-13/h1,4,9,11,13,27H,2-3,5-8,10H2. The lowest BCUT2D eigenvalue weighted by atomic mass is 10.2. The Balaban J connectivity index is 1.29. The summed E-state index contributed by atoms with van der Waals surface area (Å²) in [6.45, 7) is 4.38. The average molecular weight is 386 g/mol. The number of nitrogens with zero attached hydrogens (tertiary/aromatic N) is 7. The Labute approximate surface area is 161 Å². The van der Waals surface area contributed by atoms with Gasteiger partial charge in [0.15, 0.2) is 17.0 Å². The number of fused-ring (bicyclic) bond motifs is 1. The molecule has 27 heavy (non-hydrogen) atoms. The molecule has 2 fully saturated rings. The quantitative estimate of drug-likeness (QED) is 0.737. The van der Waals surface area contributed by atoms with E-state index < -0.39 is 0 Å². The van der Waals surface area contributed by atoms with Gasteiger partial charge in [-0.05, 0) is 30.5 Å². The summed E-state index contributed by atoms with van der Waals surface area (Å²) in [5.74, 6) is 0.997. The van der Waals surface area contributed by atoms with Crippen LogP contribution in [0.3, 0.4) is 0 Å². The van der Waals surface area contributed by atoms with Gasteiger partial charge in [-0.2, -0.15) is 0 Å². The number of aromatic hydroxyl groups is 1. The lowest BCUT2D eigenvalue weighted by molar-refractivity contribution is 0.249. The van der Waals surface area contributed by atoms with Crippen molar-refractivity contribution >= 4 is 28.6 Å². The molecule has 5 rings (SSSR count). The maximum Gasteiger partial charge on any atom is 0.184 e. The Morgan fingerprint density at radius 1 is 1.11 bits per heavy atom. The second kappa shape index (κ2) is 6.61. The van der Waals surface area contributed by atoms with Crippen LogP contribution in [0.4, 0.5) is 5.82 Å². The molecule has 1 N–H and O–H groups in total. The normalized spacial score (nSPS) is 18.3. The zero-order chi connectivity index (χ0) is 18.4. The first-order chi connectivity index (χ1) is 13.2. The molecule has 0 amide bonds. The van der Waals surface area contributed by atoms with Crippen molar-refractivity contribution in [3.8, 4) is 5.75 Å². The molecule has 0 unspecified atom stereocenters. The molecule has 3 heterocycles. The van der Waals surface area contributed by atoms with Gasteiger partial charge in [0, 0.05) is 32.7 Å². The van der Waals surface area contributed by atoms with E-state index in [1.165, 1.54) is 0 Å². The van der Waals surface area contributed by atoms with Crippen molar-refractivity contribution in [2.45, 2.75) is 25.4 Å². The molecule has 1 aromatic carbocycles. The molecule has 0 bridgehead atoms. The van der Waals surface area contributed by atoms with Gasteiger partial charge in [-0.15, -0.1) is 5.10 Å². The van der Waals surface area contributed by atoms with Gasteiger partial charge in [0.25, 0.3) is 0 Å². The largest absolute Gasteiger partial charge is 0.506 e. The molecule has 2 aliphatic rings. The molecule has 1 aliphatic carbocycles. The molecule has 0 spiro atoms. The number of hydrogen-bond donors (Lipinski definition) is 1. The lowest BCUT2D eigenvalue weighted by Crippen LogP contribution is -2.46. The first-order valence-electron chi connectivity index (χ1n) is 9.19. The maximum absolute atomic E-state index is 9.56. The van der Waals surface area contributed by atoms with E-state index in [4.69, 9.17) is 11.6 Å². The molecule has 9 heteroatoms. The van der Waals surface area contributed by atoms with Crippen LogP contribution in [0.2, 0.25) is 5.02 Å². The predicted molar refractivity (Wildman–Crippen MR) is 102 cm³/mol. The van der Waals surface area contributed by atoms with Gasteiger partial charge in [-0.3, -0.25) is 4.90 Å². The van der Waals surface area contributed by atoms with E-state index in [-0.39, 0.29) is 5.75 Å². The zero-order valence-electron chi connectivity index (χ0n) is 14.8. The van der Waals surface area contributed by atoms with Gasteiger partial charge in [0.05, 0.1) is 11.1 Å². The van der Waals surface area contributed by atoms with E-state index in [1.54, 1.807) is 12.4 Å². The average Bonchev–Trinajstić information content (AvgIpc) is 3.44. The molecule has 2 aromatic heterocycles. The third kappa shape index (κ3) is 3.19. The van der Waals surface area contributed by atoms with E-state index in [1.807, 2.05) is 16.8 Å². The van der Waals surface area contributed by atoms with Crippen LogP contribution in [0.15, 0.2) is 24.5 Å². The molecule has 1 saturated carbocycles. The van der Waals surface area contributed by atoms with Crippen LogP contribution >= 0.6 is 11.6 Å².